The van der Waals surface area contributed by atoms with Crippen LogP contribution in [0.4, 0.5) is 0 Å². The summed E-state index contributed by atoms with van der Waals surface area (Å²) in [7, 11) is 0. The Morgan fingerprint density at radius 1 is 1.35 bits per heavy atom. The third-order valence-electron chi connectivity index (χ3n) is 3.35. The molecule has 3 heteroatoms. The molecule has 1 aliphatic rings. The third kappa shape index (κ3) is 4.02. The Labute approximate surface area is 109 Å². The van der Waals surface area contributed by atoms with Gasteiger partial charge in [-0.1, -0.05) is 25.1 Å². The topological polar surface area (TPSA) is 15.3 Å². The van der Waals surface area contributed by atoms with Crippen molar-refractivity contribution < 1.29 is 0 Å². The largest absolute Gasteiger partial charge is 0.315 e. The second-order valence-electron chi connectivity index (χ2n) is 4.44. The lowest BCUT2D eigenvalue weighted by molar-refractivity contribution is 0.233. The van der Waals surface area contributed by atoms with Gasteiger partial charge in [0.25, 0.3) is 0 Å². The third-order valence-corrected chi connectivity index (χ3v) is 4.34. The van der Waals surface area contributed by atoms with Crippen molar-refractivity contribution >= 4 is 11.8 Å². The van der Waals surface area contributed by atoms with Gasteiger partial charge in [-0.15, -0.1) is 11.8 Å². The average Bonchev–Trinajstić information content (AvgIpc) is 2.90. The van der Waals surface area contributed by atoms with Gasteiger partial charge in [0, 0.05) is 29.8 Å². The van der Waals surface area contributed by atoms with Crippen LogP contribution in [0.3, 0.4) is 0 Å². The van der Waals surface area contributed by atoms with Crippen molar-refractivity contribution in [2.24, 2.45) is 0 Å². The molecule has 1 aliphatic heterocycles. The fraction of sp³-hybridized carbons (Fsp3) is 0.571. The molecule has 1 atom stereocenters. The first-order valence-corrected chi connectivity index (χ1v) is 7.51. The number of nitrogens with zero attached hydrogens (tertiary/aromatic N) is 1. The SMILES string of the molecule is CCN(CCSc1ccccc1)C1CCNC1. The summed E-state index contributed by atoms with van der Waals surface area (Å²) >= 11 is 1.96. The maximum Gasteiger partial charge on any atom is 0.0232 e. The summed E-state index contributed by atoms with van der Waals surface area (Å²) in [6.45, 7) is 6.99. The standard InChI is InChI=1S/C14H22N2S/c1-2-16(13-8-9-15-12-13)10-11-17-14-6-4-3-5-7-14/h3-7,13,15H,2,8-12H2,1H3. The smallest absolute Gasteiger partial charge is 0.0232 e. The zero-order chi connectivity index (χ0) is 11.9. The quantitative estimate of drug-likeness (QED) is 0.781. The molecule has 0 saturated carbocycles. The van der Waals surface area contributed by atoms with Gasteiger partial charge < -0.3 is 5.32 Å². The predicted octanol–water partition coefficient (Wildman–Crippen LogP) is 2.46. The maximum atomic E-state index is 3.45. The normalized spacial score (nSPS) is 20.0. The molecule has 1 heterocycles. The molecule has 0 aromatic heterocycles. The molecular weight excluding hydrogens is 228 g/mol. The van der Waals surface area contributed by atoms with E-state index in [0.29, 0.717) is 0 Å². The van der Waals surface area contributed by atoms with E-state index in [2.05, 4.69) is 47.5 Å². The van der Waals surface area contributed by atoms with E-state index in [9.17, 15) is 0 Å². The first-order valence-electron chi connectivity index (χ1n) is 6.52. The van der Waals surface area contributed by atoms with Crippen LogP contribution in [-0.2, 0) is 0 Å². The molecule has 1 aromatic rings. The summed E-state index contributed by atoms with van der Waals surface area (Å²) in [5, 5.41) is 3.45. The van der Waals surface area contributed by atoms with Gasteiger partial charge >= 0.3 is 0 Å². The highest BCUT2D eigenvalue weighted by Gasteiger charge is 2.20. The van der Waals surface area contributed by atoms with E-state index < -0.39 is 0 Å². The number of thioether (sulfide) groups is 1. The van der Waals surface area contributed by atoms with Crippen LogP contribution in [0.2, 0.25) is 0 Å². The highest BCUT2D eigenvalue weighted by Crippen LogP contribution is 2.18. The highest BCUT2D eigenvalue weighted by molar-refractivity contribution is 7.99. The maximum absolute atomic E-state index is 3.45. The Kier molecular flexibility index (Phi) is 5.36. The molecule has 0 spiro atoms. The van der Waals surface area contributed by atoms with Crippen LogP contribution in [0.1, 0.15) is 13.3 Å². The van der Waals surface area contributed by atoms with Crippen molar-refractivity contribution in [3.05, 3.63) is 30.3 Å². The van der Waals surface area contributed by atoms with E-state index in [1.807, 2.05) is 11.8 Å². The van der Waals surface area contributed by atoms with Crippen molar-refractivity contribution in [1.82, 2.24) is 10.2 Å². The van der Waals surface area contributed by atoms with Gasteiger partial charge in [-0.3, -0.25) is 4.90 Å². The molecule has 2 rings (SSSR count). The van der Waals surface area contributed by atoms with E-state index in [4.69, 9.17) is 0 Å². The molecule has 2 nitrogen and oxygen atoms in total. The molecule has 1 aromatic carbocycles. The van der Waals surface area contributed by atoms with Gasteiger partial charge in [-0.25, -0.2) is 0 Å². The zero-order valence-electron chi connectivity index (χ0n) is 10.6. The lowest BCUT2D eigenvalue weighted by Gasteiger charge is -2.26. The first kappa shape index (κ1) is 12.9. The van der Waals surface area contributed by atoms with Gasteiger partial charge in [0.15, 0.2) is 0 Å². The summed E-state index contributed by atoms with van der Waals surface area (Å²) < 4.78 is 0. The minimum Gasteiger partial charge on any atom is -0.315 e. The Morgan fingerprint density at radius 2 is 2.18 bits per heavy atom. The molecule has 1 fully saturated rings. The molecule has 94 valence electrons. The zero-order valence-corrected chi connectivity index (χ0v) is 11.4. The molecule has 1 N–H and O–H groups in total. The summed E-state index contributed by atoms with van der Waals surface area (Å²) in [4.78, 5) is 3.99. The fourth-order valence-electron chi connectivity index (χ4n) is 2.35. The molecule has 1 saturated heterocycles. The van der Waals surface area contributed by atoms with Crippen LogP contribution in [-0.4, -0.2) is 42.9 Å². The van der Waals surface area contributed by atoms with Crippen LogP contribution in [0.15, 0.2) is 35.2 Å². The molecular formula is C14H22N2S. The first-order chi connectivity index (χ1) is 8.40. The molecule has 17 heavy (non-hydrogen) atoms. The number of likely N-dealkylation sites (N-methyl/N-ethyl adjacent to an activating group) is 1. The van der Waals surface area contributed by atoms with Crippen LogP contribution in [0.25, 0.3) is 0 Å². The van der Waals surface area contributed by atoms with E-state index in [1.165, 1.54) is 43.2 Å². The number of rotatable bonds is 6. The molecule has 1 unspecified atom stereocenters. The Bertz CT molecular complexity index is 309. The lowest BCUT2D eigenvalue weighted by atomic mass is 10.2. The van der Waals surface area contributed by atoms with Crippen molar-refractivity contribution in [3.63, 3.8) is 0 Å². The predicted molar refractivity (Wildman–Crippen MR) is 75.7 cm³/mol. The van der Waals surface area contributed by atoms with Crippen LogP contribution in [0, 0.1) is 0 Å². The summed E-state index contributed by atoms with van der Waals surface area (Å²) in [6, 6.07) is 11.4. The minimum atomic E-state index is 0.761. The van der Waals surface area contributed by atoms with Gasteiger partial charge in [-0.2, -0.15) is 0 Å². The summed E-state index contributed by atoms with van der Waals surface area (Å²) in [6.07, 6.45) is 1.31. The fourth-order valence-corrected chi connectivity index (χ4v) is 3.26. The Balaban J connectivity index is 1.72. The van der Waals surface area contributed by atoms with Gasteiger partial charge in [0.05, 0.1) is 0 Å². The number of hydrogen-bond acceptors (Lipinski definition) is 3. The molecule has 0 radical (unpaired) electrons. The molecule has 0 bridgehead atoms. The van der Waals surface area contributed by atoms with Crippen molar-refractivity contribution in [2.75, 3.05) is 31.9 Å². The Hall–Kier alpha value is -0.510. The molecule has 0 aliphatic carbocycles. The second kappa shape index (κ2) is 7.04. The lowest BCUT2D eigenvalue weighted by Crippen LogP contribution is -2.38. The molecule has 0 amide bonds. The van der Waals surface area contributed by atoms with Crippen molar-refractivity contribution in [2.45, 2.75) is 24.3 Å². The average molecular weight is 250 g/mol. The van der Waals surface area contributed by atoms with Crippen LogP contribution < -0.4 is 5.32 Å². The Morgan fingerprint density at radius 3 is 2.82 bits per heavy atom. The number of nitrogens with one attached hydrogen (secondary N) is 1. The van der Waals surface area contributed by atoms with Crippen LogP contribution >= 0.6 is 11.8 Å². The van der Waals surface area contributed by atoms with Gasteiger partial charge in [0.2, 0.25) is 0 Å². The van der Waals surface area contributed by atoms with E-state index >= 15 is 0 Å². The van der Waals surface area contributed by atoms with E-state index in [0.717, 1.165) is 6.04 Å². The highest BCUT2D eigenvalue weighted by atomic mass is 32.2. The second-order valence-corrected chi connectivity index (χ2v) is 5.61. The van der Waals surface area contributed by atoms with Gasteiger partial charge in [0.1, 0.15) is 0 Å². The summed E-state index contributed by atoms with van der Waals surface area (Å²) in [5.74, 6) is 1.19. The number of benzene rings is 1. The van der Waals surface area contributed by atoms with Crippen LogP contribution in [0.5, 0.6) is 0 Å². The van der Waals surface area contributed by atoms with E-state index in [-0.39, 0.29) is 0 Å². The number of hydrogen-bond donors (Lipinski definition) is 1. The summed E-state index contributed by atoms with van der Waals surface area (Å²) in [5.41, 5.74) is 0. The van der Waals surface area contributed by atoms with Gasteiger partial charge in [-0.05, 0) is 31.6 Å². The van der Waals surface area contributed by atoms with Crippen molar-refractivity contribution in [1.29, 1.82) is 0 Å². The van der Waals surface area contributed by atoms with E-state index in [1.54, 1.807) is 0 Å². The van der Waals surface area contributed by atoms with Crippen molar-refractivity contribution in [3.8, 4) is 0 Å². The minimum absolute atomic E-state index is 0.761. The monoisotopic (exact) mass is 250 g/mol.